The van der Waals surface area contributed by atoms with Crippen LogP contribution in [0, 0.1) is 0 Å². The lowest BCUT2D eigenvalue weighted by Gasteiger charge is -2.32. The first-order chi connectivity index (χ1) is 8.89. The number of rotatable bonds is 2. The Balaban J connectivity index is 1.85. The molecule has 0 unspecified atom stereocenters. The molecular weight excluding hydrogens is 259 g/mol. The lowest BCUT2D eigenvalue weighted by Crippen LogP contribution is -2.41. The Morgan fingerprint density at radius 2 is 1.68 bits per heavy atom. The van der Waals surface area contributed by atoms with Gasteiger partial charge >= 0.3 is 7.12 Å². The van der Waals surface area contributed by atoms with Gasteiger partial charge < -0.3 is 13.9 Å². The molecule has 0 N–H and O–H groups in total. The summed E-state index contributed by atoms with van der Waals surface area (Å²) in [5, 5.41) is 2.92. The highest BCUT2D eigenvalue weighted by molar-refractivity contribution is 7.13. The minimum absolute atomic E-state index is 0.325. The first kappa shape index (κ1) is 12.9. The molecule has 0 aromatic carbocycles. The molecule has 1 aliphatic rings. The molecule has 1 aliphatic heterocycles. The Kier molecular flexibility index (Phi) is 2.85. The summed E-state index contributed by atoms with van der Waals surface area (Å²) in [6.45, 7) is 8.19. The first-order valence-electron chi connectivity index (χ1n) is 6.33. The molecule has 0 aliphatic carbocycles. The second-order valence-electron chi connectivity index (χ2n) is 5.73. The minimum Gasteiger partial charge on any atom is -0.398 e. The van der Waals surface area contributed by atoms with Gasteiger partial charge in [0, 0.05) is 17.8 Å². The van der Waals surface area contributed by atoms with Crippen LogP contribution in [0.1, 0.15) is 27.7 Å². The fourth-order valence-corrected chi connectivity index (χ4v) is 2.72. The third-order valence-corrected chi connectivity index (χ3v) is 4.70. The summed E-state index contributed by atoms with van der Waals surface area (Å²) >= 11 is 1.59. The monoisotopic (exact) mass is 276 g/mol. The van der Waals surface area contributed by atoms with E-state index in [0.717, 1.165) is 10.7 Å². The van der Waals surface area contributed by atoms with Gasteiger partial charge in [0.15, 0.2) is 5.13 Å². The minimum atomic E-state index is -0.384. The van der Waals surface area contributed by atoms with Crippen molar-refractivity contribution >= 4 is 24.0 Å². The Morgan fingerprint density at radius 3 is 2.26 bits per heavy atom. The number of hydrogen-bond acceptors (Lipinski definition) is 4. The van der Waals surface area contributed by atoms with E-state index < -0.39 is 0 Å². The van der Waals surface area contributed by atoms with Crippen molar-refractivity contribution in [1.82, 2.24) is 9.55 Å². The largest absolute Gasteiger partial charge is 0.515 e. The summed E-state index contributed by atoms with van der Waals surface area (Å²) < 4.78 is 14.0. The maximum atomic E-state index is 5.99. The van der Waals surface area contributed by atoms with Crippen molar-refractivity contribution < 1.29 is 9.31 Å². The van der Waals surface area contributed by atoms with Crippen LogP contribution in [0.2, 0.25) is 0 Å². The van der Waals surface area contributed by atoms with Crippen molar-refractivity contribution in [2.24, 2.45) is 0 Å². The highest BCUT2D eigenvalue weighted by Crippen LogP contribution is 2.36. The predicted octanol–water partition coefficient (Wildman–Crippen LogP) is 2.23. The van der Waals surface area contributed by atoms with Gasteiger partial charge in [-0.05, 0) is 39.8 Å². The lowest BCUT2D eigenvalue weighted by molar-refractivity contribution is 0.00578. The molecule has 100 valence electrons. The van der Waals surface area contributed by atoms with Gasteiger partial charge in [0.25, 0.3) is 0 Å². The summed E-state index contributed by atoms with van der Waals surface area (Å²) in [5.41, 5.74) is 0.191. The molecule has 3 rings (SSSR count). The van der Waals surface area contributed by atoms with E-state index in [2.05, 4.69) is 4.98 Å². The van der Waals surface area contributed by atoms with Gasteiger partial charge in [0.05, 0.1) is 16.8 Å². The van der Waals surface area contributed by atoms with Crippen LogP contribution in [-0.4, -0.2) is 27.9 Å². The van der Waals surface area contributed by atoms with E-state index in [4.69, 9.17) is 9.31 Å². The van der Waals surface area contributed by atoms with Gasteiger partial charge in [-0.2, -0.15) is 0 Å². The van der Waals surface area contributed by atoms with Crippen molar-refractivity contribution in [3.8, 4) is 5.13 Å². The third kappa shape index (κ3) is 2.14. The van der Waals surface area contributed by atoms with Crippen molar-refractivity contribution in [2.45, 2.75) is 38.9 Å². The number of aromatic nitrogens is 2. The maximum absolute atomic E-state index is 5.99. The zero-order valence-electron chi connectivity index (χ0n) is 11.6. The van der Waals surface area contributed by atoms with Gasteiger partial charge in [-0.25, -0.2) is 4.98 Å². The van der Waals surface area contributed by atoms with Gasteiger partial charge in [-0.1, -0.05) is 0 Å². The van der Waals surface area contributed by atoms with Gasteiger partial charge in [-0.3, -0.25) is 0 Å². The van der Waals surface area contributed by atoms with Crippen molar-refractivity contribution in [3.63, 3.8) is 0 Å². The topological polar surface area (TPSA) is 36.3 Å². The second kappa shape index (κ2) is 4.20. The smallest absolute Gasteiger partial charge is 0.398 e. The Labute approximate surface area is 117 Å². The summed E-state index contributed by atoms with van der Waals surface area (Å²) in [5.74, 6) is 0. The SMILES string of the molecule is CC1(C)OB(c2csc(-n3cccc3)n2)OC1(C)C. The molecule has 4 nitrogen and oxygen atoms in total. The molecule has 0 atom stereocenters. The van der Waals surface area contributed by atoms with E-state index in [1.165, 1.54) is 0 Å². The van der Waals surface area contributed by atoms with Crippen LogP contribution < -0.4 is 5.59 Å². The highest BCUT2D eigenvalue weighted by atomic mass is 32.1. The number of nitrogens with zero attached hydrogens (tertiary/aromatic N) is 2. The summed E-state index contributed by atoms with van der Waals surface area (Å²) in [7, 11) is -0.384. The van der Waals surface area contributed by atoms with E-state index in [-0.39, 0.29) is 18.3 Å². The summed E-state index contributed by atoms with van der Waals surface area (Å²) in [4.78, 5) is 4.60. The van der Waals surface area contributed by atoms with Crippen molar-refractivity contribution in [3.05, 3.63) is 29.9 Å². The molecule has 0 spiro atoms. The van der Waals surface area contributed by atoms with Gasteiger partial charge in [0.2, 0.25) is 0 Å². The number of thiazole rings is 1. The quantitative estimate of drug-likeness (QED) is 0.789. The average molecular weight is 276 g/mol. The predicted molar refractivity (Wildman–Crippen MR) is 77.2 cm³/mol. The van der Waals surface area contributed by atoms with Crippen LogP contribution in [0.25, 0.3) is 5.13 Å². The zero-order chi connectivity index (χ0) is 13.7. The second-order valence-corrected chi connectivity index (χ2v) is 6.57. The van der Waals surface area contributed by atoms with Crippen LogP contribution in [0.4, 0.5) is 0 Å². The fourth-order valence-electron chi connectivity index (χ4n) is 1.93. The third-order valence-electron chi connectivity index (χ3n) is 3.83. The van der Waals surface area contributed by atoms with Crippen LogP contribution in [0.5, 0.6) is 0 Å². The Morgan fingerprint density at radius 1 is 1.11 bits per heavy atom. The van der Waals surface area contributed by atoms with E-state index >= 15 is 0 Å². The molecule has 2 aromatic rings. The molecule has 1 saturated heterocycles. The number of hydrogen-bond donors (Lipinski definition) is 0. The standard InChI is InChI=1S/C13H17BN2O2S/c1-12(2)13(3,4)18-14(17-12)10-9-19-11(15-10)16-7-5-6-8-16/h5-9H,1-4H3. The van der Waals surface area contributed by atoms with Gasteiger partial charge in [-0.15, -0.1) is 11.3 Å². The van der Waals surface area contributed by atoms with Crippen LogP contribution in [0.15, 0.2) is 29.9 Å². The molecule has 0 radical (unpaired) electrons. The van der Waals surface area contributed by atoms with E-state index in [0.29, 0.717) is 0 Å². The lowest BCUT2D eigenvalue weighted by atomic mass is 9.86. The molecule has 0 bridgehead atoms. The Bertz CT molecular complexity index is 561. The molecule has 3 heterocycles. The molecule has 0 amide bonds. The summed E-state index contributed by atoms with van der Waals surface area (Å²) in [6, 6.07) is 3.96. The maximum Gasteiger partial charge on any atom is 0.515 e. The molecule has 0 saturated carbocycles. The van der Waals surface area contributed by atoms with Crippen molar-refractivity contribution in [1.29, 1.82) is 0 Å². The van der Waals surface area contributed by atoms with Crippen LogP contribution in [0.3, 0.4) is 0 Å². The summed E-state index contributed by atoms with van der Waals surface area (Å²) in [6.07, 6.45) is 3.96. The van der Waals surface area contributed by atoms with E-state index in [1.54, 1.807) is 11.3 Å². The molecule has 2 aromatic heterocycles. The molecule has 19 heavy (non-hydrogen) atoms. The van der Waals surface area contributed by atoms with Crippen LogP contribution in [-0.2, 0) is 9.31 Å². The van der Waals surface area contributed by atoms with Crippen LogP contribution >= 0.6 is 11.3 Å². The van der Waals surface area contributed by atoms with E-state index in [1.807, 2.05) is 62.2 Å². The highest BCUT2D eigenvalue weighted by Gasteiger charge is 2.52. The molecule has 1 fully saturated rings. The van der Waals surface area contributed by atoms with E-state index in [9.17, 15) is 0 Å². The van der Waals surface area contributed by atoms with Gasteiger partial charge in [0.1, 0.15) is 0 Å². The average Bonchev–Trinajstić information content (AvgIpc) is 3.00. The first-order valence-corrected chi connectivity index (χ1v) is 7.21. The normalized spacial score (nSPS) is 20.9. The fraction of sp³-hybridized carbons (Fsp3) is 0.462. The van der Waals surface area contributed by atoms with Crippen molar-refractivity contribution in [2.75, 3.05) is 0 Å². The molecular formula is C13H17BN2O2S. The molecule has 6 heteroatoms. The zero-order valence-corrected chi connectivity index (χ0v) is 12.4. The Hall–Kier alpha value is -1.11.